The Kier molecular flexibility index (Phi) is 4.42. The lowest BCUT2D eigenvalue weighted by atomic mass is 10.1. The lowest BCUT2D eigenvalue weighted by Crippen LogP contribution is -2.26. The van der Waals surface area contributed by atoms with Gasteiger partial charge >= 0.3 is 0 Å². The SMILES string of the molecule is CCNC(Cc1c(Br)c(C)nn1C)c1nccn1C. The molecule has 2 rings (SSSR count). The monoisotopic (exact) mass is 325 g/mol. The normalized spacial score (nSPS) is 12.9. The number of aryl methyl sites for hydroxylation is 3. The first kappa shape index (κ1) is 14.3. The molecule has 19 heavy (non-hydrogen) atoms. The zero-order valence-corrected chi connectivity index (χ0v) is 13.4. The molecule has 1 atom stereocenters. The maximum absolute atomic E-state index is 4.45. The fourth-order valence-electron chi connectivity index (χ4n) is 2.31. The molecule has 0 amide bonds. The van der Waals surface area contributed by atoms with Crippen molar-refractivity contribution in [2.24, 2.45) is 14.1 Å². The van der Waals surface area contributed by atoms with Crippen LogP contribution in [0.5, 0.6) is 0 Å². The van der Waals surface area contributed by atoms with Crippen molar-refractivity contribution < 1.29 is 0 Å². The van der Waals surface area contributed by atoms with E-state index in [0.29, 0.717) is 0 Å². The summed E-state index contributed by atoms with van der Waals surface area (Å²) in [5, 5.41) is 7.94. The van der Waals surface area contributed by atoms with Gasteiger partial charge in [-0.15, -0.1) is 0 Å². The highest BCUT2D eigenvalue weighted by atomic mass is 79.9. The van der Waals surface area contributed by atoms with Crippen LogP contribution in [0.1, 0.15) is 30.2 Å². The summed E-state index contributed by atoms with van der Waals surface area (Å²) in [5.41, 5.74) is 2.21. The molecule has 0 saturated carbocycles. The van der Waals surface area contributed by atoms with Crippen LogP contribution in [0.25, 0.3) is 0 Å². The number of halogens is 1. The minimum absolute atomic E-state index is 0.191. The van der Waals surface area contributed by atoms with Gasteiger partial charge in [-0.25, -0.2) is 4.98 Å². The molecule has 0 aliphatic heterocycles. The molecule has 1 unspecified atom stereocenters. The van der Waals surface area contributed by atoms with Gasteiger partial charge in [0.05, 0.1) is 21.9 Å². The molecule has 2 aromatic rings. The van der Waals surface area contributed by atoms with Crippen molar-refractivity contribution in [1.29, 1.82) is 0 Å². The summed E-state index contributed by atoms with van der Waals surface area (Å²) < 4.78 is 5.09. The van der Waals surface area contributed by atoms with Crippen LogP contribution in [0.2, 0.25) is 0 Å². The fourth-order valence-corrected chi connectivity index (χ4v) is 2.81. The quantitative estimate of drug-likeness (QED) is 0.916. The molecule has 0 aliphatic carbocycles. The molecule has 0 aromatic carbocycles. The summed E-state index contributed by atoms with van der Waals surface area (Å²) in [6.07, 6.45) is 4.67. The highest BCUT2D eigenvalue weighted by molar-refractivity contribution is 9.10. The van der Waals surface area contributed by atoms with Crippen LogP contribution in [-0.4, -0.2) is 25.9 Å². The van der Waals surface area contributed by atoms with Crippen LogP contribution in [0, 0.1) is 6.92 Å². The molecule has 2 aromatic heterocycles. The van der Waals surface area contributed by atoms with Gasteiger partial charge < -0.3 is 9.88 Å². The van der Waals surface area contributed by atoms with E-state index in [2.05, 4.69) is 42.8 Å². The van der Waals surface area contributed by atoms with E-state index in [1.807, 2.05) is 38.1 Å². The first-order chi connectivity index (χ1) is 9.04. The van der Waals surface area contributed by atoms with E-state index < -0.39 is 0 Å². The first-order valence-electron chi connectivity index (χ1n) is 6.43. The van der Waals surface area contributed by atoms with Crippen LogP contribution < -0.4 is 5.32 Å². The summed E-state index contributed by atoms with van der Waals surface area (Å²) >= 11 is 3.62. The van der Waals surface area contributed by atoms with E-state index in [9.17, 15) is 0 Å². The van der Waals surface area contributed by atoms with Gasteiger partial charge in [0.15, 0.2) is 0 Å². The van der Waals surface area contributed by atoms with Crippen LogP contribution in [0.3, 0.4) is 0 Å². The summed E-state index contributed by atoms with van der Waals surface area (Å²) in [5.74, 6) is 1.05. The molecule has 6 heteroatoms. The van der Waals surface area contributed by atoms with E-state index >= 15 is 0 Å². The van der Waals surface area contributed by atoms with Gasteiger partial charge in [-0.2, -0.15) is 5.10 Å². The molecule has 0 bridgehead atoms. The Morgan fingerprint density at radius 2 is 2.16 bits per heavy atom. The predicted molar refractivity (Wildman–Crippen MR) is 79.0 cm³/mol. The molecular weight excluding hydrogens is 306 g/mol. The summed E-state index contributed by atoms with van der Waals surface area (Å²) in [6, 6.07) is 0.191. The number of hydrogen-bond acceptors (Lipinski definition) is 3. The Morgan fingerprint density at radius 3 is 2.63 bits per heavy atom. The van der Waals surface area contributed by atoms with E-state index in [1.165, 1.54) is 5.69 Å². The number of nitrogens with one attached hydrogen (secondary N) is 1. The smallest absolute Gasteiger partial charge is 0.125 e. The highest BCUT2D eigenvalue weighted by Gasteiger charge is 2.20. The minimum Gasteiger partial charge on any atom is -0.337 e. The van der Waals surface area contributed by atoms with Crippen LogP contribution in [0.4, 0.5) is 0 Å². The van der Waals surface area contributed by atoms with Gasteiger partial charge in [-0.3, -0.25) is 4.68 Å². The third kappa shape index (κ3) is 2.90. The summed E-state index contributed by atoms with van der Waals surface area (Å²) in [4.78, 5) is 4.45. The van der Waals surface area contributed by atoms with Crippen molar-refractivity contribution in [2.45, 2.75) is 26.3 Å². The predicted octanol–water partition coefficient (Wildman–Crippen LogP) is 2.12. The zero-order valence-electron chi connectivity index (χ0n) is 11.8. The molecule has 0 radical (unpaired) electrons. The lowest BCUT2D eigenvalue weighted by Gasteiger charge is -2.18. The second kappa shape index (κ2) is 5.88. The van der Waals surface area contributed by atoms with Gasteiger partial charge in [0, 0.05) is 32.9 Å². The molecule has 0 spiro atoms. The number of aromatic nitrogens is 4. The molecule has 0 aliphatic rings. The number of imidazole rings is 1. The highest BCUT2D eigenvalue weighted by Crippen LogP contribution is 2.25. The van der Waals surface area contributed by atoms with E-state index in [0.717, 1.165) is 29.0 Å². The van der Waals surface area contributed by atoms with Crippen molar-refractivity contribution in [3.8, 4) is 0 Å². The topological polar surface area (TPSA) is 47.7 Å². The van der Waals surface area contributed by atoms with Crippen LogP contribution >= 0.6 is 15.9 Å². The van der Waals surface area contributed by atoms with Crippen molar-refractivity contribution in [1.82, 2.24) is 24.6 Å². The van der Waals surface area contributed by atoms with Crippen LogP contribution in [-0.2, 0) is 20.5 Å². The Morgan fingerprint density at radius 1 is 1.42 bits per heavy atom. The molecule has 0 saturated heterocycles. The number of nitrogens with zero attached hydrogens (tertiary/aromatic N) is 4. The standard InChI is InChI=1S/C13H20BrN5/c1-5-15-10(13-16-6-7-18(13)3)8-11-12(14)9(2)17-19(11)4/h6-7,10,15H,5,8H2,1-4H3. The van der Waals surface area contributed by atoms with E-state index in [-0.39, 0.29) is 6.04 Å². The van der Waals surface area contributed by atoms with Crippen LogP contribution in [0.15, 0.2) is 16.9 Å². The van der Waals surface area contributed by atoms with Gasteiger partial charge in [0.2, 0.25) is 0 Å². The fraction of sp³-hybridized carbons (Fsp3) is 0.538. The molecule has 0 fully saturated rings. The van der Waals surface area contributed by atoms with Crippen molar-refractivity contribution in [3.05, 3.63) is 34.1 Å². The molecule has 1 N–H and O–H groups in total. The van der Waals surface area contributed by atoms with Crippen molar-refractivity contribution in [2.75, 3.05) is 6.54 Å². The lowest BCUT2D eigenvalue weighted by molar-refractivity contribution is 0.491. The average molecular weight is 326 g/mol. The summed E-state index contributed by atoms with van der Waals surface area (Å²) in [7, 11) is 4.00. The zero-order chi connectivity index (χ0) is 14.0. The molecule has 5 nitrogen and oxygen atoms in total. The Labute approximate surface area is 122 Å². The van der Waals surface area contributed by atoms with Gasteiger partial charge in [-0.1, -0.05) is 6.92 Å². The van der Waals surface area contributed by atoms with Gasteiger partial charge in [0.1, 0.15) is 5.82 Å². The summed E-state index contributed by atoms with van der Waals surface area (Å²) in [6.45, 7) is 5.03. The maximum atomic E-state index is 4.45. The Balaban J connectivity index is 2.29. The Bertz CT molecular complexity index is 557. The van der Waals surface area contributed by atoms with E-state index in [1.54, 1.807) is 0 Å². The van der Waals surface area contributed by atoms with E-state index in [4.69, 9.17) is 0 Å². The van der Waals surface area contributed by atoms with Crippen molar-refractivity contribution in [3.63, 3.8) is 0 Å². The molecule has 2 heterocycles. The second-order valence-corrected chi connectivity index (χ2v) is 5.47. The third-order valence-electron chi connectivity index (χ3n) is 3.28. The van der Waals surface area contributed by atoms with Gasteiger partial charge in [-0.05, 0) is 29.4 Å². The molecule has 104 valence electrons. The molecular formula is C13H20BrN5. The van der Waals surface area contributed by atoms with Crippen molar-refractivity contribution >= 4 is 15.9 Å². The largest absolute Gasteiger partial charge is 0.337 e. The first-order valence-corrected chi connectivity index (χ1v) is 7.22. The Hall–Kier alpha value is -1.14. The third-order valence-corrected chi connectivity index (χ3v) is 4.31. The maximum Gasteiger partial charge on any atom is 0.125 e. The average Bonchev–Trinajstić information content (AvgIpc) is 2.88. The van der Waals surface area contributed by atoms with Gasteiger partial charge in [0.25, 0.3) is 0 Å². The second-order valence-electron chi connectivity index (χ2n) is 4.68. The number of likely N-dealkylation sites (N-methyl/N-ethyl adjacent to an activating group) is 1. The number of rotatable bonds is 5. The minimum atomic E-state index is 0.191. The number of hydrogen-bond donors (Lipinski definition) is 1.